The highest BCUT2D eigenvalue weighted by molar-refractivity contribution is 9.28. The number of thiazole rings is 1. The van der Waals surface area contributed by atoms with Gasteiger partial charge in [0, 0.05) is 11.3 Å². The second-order valence-corrected chi connectivity index (χ2v) is 9.56. The molecule has 0 amide bonds. The van der Waals surface area contributed by atoms with E-state index >= 15 is 0 Å². The Morgan fingerprint density at radius 2 is 2.05 bits per heavy atom. The zero-order chi connectivity index (χ0) is 16.6. The Labute approximate surface area is 153 Å². The molecular weight excluding hydrogens is 432 g/mol. The third-order valence-corrected chi connectivity index (χ3v) is 4.37. The van der Waals surface area contributed by atoms with Crippen molar-refractivity contribution in [1.82, 2.24) is 10.3 Å². The van der Waals surface area contributed by atoms with Crippen LogP contribution in [0.1, 0.15) is 50.2 Å². The van der Waals surface area contributed by atoms with Gasteiger partial charge in [0.15, 0.2) is 0 Å². The molecule has 0 bridgehead atoms. The van der Waals surface area contributed by atoms with Crippen LogP contribution in [-0.4, -0.2) is 30.1 Å². The van der Waals surface area contributed by atoms with Crippen molar-refractivity contribution in [3.05, 3.63) is 19.5 Å². The first kappa shape index (κ1) is 19.8. The van der Waals surface area contributed by atoms with E-state index < -0.39 is 0 Å². The molecule has 0 unspecified atom stereocenters. The summed E-state index contributed by atoms with van der Waals surface area (Å²) in [5, 5.41) is 6.77. The van der Waals surface area contributed by atoms with Gasteiger partial charge in [-0.15, -0.1) is 11.3 Å². The maximum absolute atomic E-state index is 9.60. The Balaban J connectivity index is 0.000000295. The van der Waals surface area contributed by atoms with Crippen LogP contribution >= 0.6 is 43.2 Å². The summed E-state index contributed by atoms with van der Waals surface area (Å²) < 4.78 is 5.49. The van der Waals surface area contributed by atoms with Crippen LogP contribution in [0.25, 0.3) is 6.08 Å². The molecule has 124 valence electrons. The summed E-state index contributed by atoms with van der Waals surface area (Å²) in [7, 11) is 0. The van der Waals surface area contributed by atoms with Crippen molar-refractivity contribution >= 4 is 55.7 Å². The Morgan fingerprint density at radius 1 is 1.41 bits per heavy atom. The molecule has 1 N–H and O–H groups in total. The van der Waals surface area contributed by atoms with E-state index in [2.05, 4.69) is 52.3 Å². The first-order chi connectivity index (χ1) is 10.3. The number of aromatic nitrogens is 1. The minimum Gasteiger partial charge on any atom is -0.462 e. The average molecular weight is 454 g/mol. The molecule has 7 heteroatoms. The fourth-order valence-corrected chi connectivity index (χ4v) is 3.30. The summed E-state index contributed by atoms with van der Waals surface area (Å²) in [6, 6.07) is 0. The molecule has 1 fully saturated rings. The van der Waals surface area contributed by atoms with Crippen LogP contribution in [0.3, 0.4) is 0 Å². The molecule has 1 aliphatic heterocycles. The van der Waals surface area contributed by atoms with Crippen LogP contribution < -0.4 is 5.32 Å². The highest BCUT2D eigenvalue weighted by Crippen LogP contribution is 2.29. The lowest BCUT2D eigenvalue weighted by molar-refractivity contribution is -0.138. The molecule has 0 saturated carbocycles. The molecule has 0 aliphatic carbocycles. The zero-order valence-corrected chi connectivity index (χ0v) is 17.1. The van der Waals surface area contributed by atoms with Gasteiger partial charge >= 0.3 is 0 Å². The minimum atomic E-state index is -0.318. The van der Waals surface area contributed by atoms with Crippen LogP contribution in [-0.2, 0) is 9.53 Å². The van der Waals surface area contributed by atoms with Gasteiger partial charge in [0.05, 0.1) is 14.1 Å². The van der Waals surface area contributed by atoms with E-state index in [0.717, 1.165) is 22.2 Å². The predicted octanol–water partition coefficient (Wildman–Crippen LogP) is 4.66. The van der Waals surface area contributed by atoms with E-state index in [9.17, 15) is 4.79 Å². The molecule has 0 radical (unpaired) electrons. The first-order valence-electron chi connectivity index (χ1n) is 7.12. The number of halogens is 2. The smallest absolute Gasteiger partial charge is 0.293 e. The van der Waals surface area contributed by atoms with Crippen molar-refractivity contribution in [2.24, 2.45) is 0 Å². The third kappa shape index (κ3) is 8.41. The van der Waals surface area contributed by atoms with E-state index in [1.165, 1.54) is 17.8 Å². The van der Waals surface area contributed by atoms with Crippen molar-refractivity contribution in [3.63, 3.8) is 0 Å². The van der Waals surface area contributed by atoms with Gasteiger partial charge in [-0.3, -0.25) is 4.79 Å². The van der Waals surface area contributed by atoms with Gasteiger partial charge in [-0.05, 0) is 84.6 Å². The number of hydrogen-bond donors (Lipinski definition) is 1. The topological polar surface area (TPSA) is 51.2 Å². The van der Waals surface area contributed by atoms with Crippen molar-refractivity contribution < 1.29 is 9.53 Å². The van der Waals surface area contributed by atoms with Crippen molar-refractivity contribution in [1.29, 1.82) is 0 Å². The van der Waals surface area contributed by atoms with Gasteiger partial charge in [-0.1, -0.05) is 0 Å². The van der Waals surface area contributed by atoms with E-state index in [4.69, 9.17) is 0 Å². The summed E-state index contributed by atoms with van der Waals surface area (Å²) in [5.41, 5.74) is 0.721. The van der Waals surface area contributed by atoms with E-state index in [0.29, 0.717) is 12.4 Å². The largest absolute Gasteiger partial charge is 0.462 e. The Hall–Kier alpha value is -0.240. The minimum absolute atomic E-state index is 0.318. The molecule has 1 aromatic rings. The third-order valence-electron chi connectivity index (χ3n) is 2.89. The summed E-state index contributed by atoms with van der Waals surface area (Å²) in [5.74, 6) is 0.660. The van der Waals surface area contributed by atoms with Crippen LogP contribution in [0.15, 0.2) is 8.77 Å². The van der Waals surface area contributed by atoms with E-state index in [1.54, 1.807) is 11.3 Å². The first-order valence-corrected chi connectivity index (χ1v) is 9.58. The molecule has 4 nitrogen and oxygen atoms in total. The lowest BCUT2D eigenvalue weighted by atomic mass is 9.99. The van der Waals surface area contributed by atoms with Gasteiger partial charge in [0.2, 0.25) is 0 Å². The fraction of sp³-hybridized carbons (Fsp3) is 0.600. The normalized spacial score (nSPS) is 15.5. The van der Waals surface area contributed by atoms with Crippen molar-refractivity contribution in [3.8, 4) is 0 Å². The van der Waals surface area contributed by atoms with E-state index in [-0.39, 0.29) is 5.60 Å². The summed E-state index contributed by atoms with van der Waals surface area (Å²) in [4.78, 5) is 14.2. The Kier molecular flexibility index (Phi) is 8.82. The number of nitrogens with zero attached hydrogens (tertiary/aromatic N) is 1. The lowest BCUT2D eigenvalue weighted by Gasteiger charge is -2.20. The maximum atomic E-state index is 9.60. The number of nitrogens with one attached hydrogen (secondary N) is 1. The van der Waals surface area contributed by atoms with Gasteiger partial charge in [-0.25, -0.2) is 4.98 Å². The number of hydrogen-bond acceptors (Lipinski definition) is 5. The summed E-state index contributed by atoms with van der Waals surface area (Å²) in [6.07, 6.45) is 4.42. The maximum Gasteiger partial charge on any atom is 0.293 e. The lowest BCUT2D eigenvalue weighted by Crippen LogP contribution is -2.26. The molecule has 1 aromatic heterocycles. The van der Waals surface area contributed by atoms with Gasteiger partial charge in [0.25, 0.3) is 6.47 Å². The molecule has 1 saturated heterocycles. The molecule has 0 atom stereocenters. The summed E-state index contributed by atoms with van der Waals surface area (Å²) in [6.45, 7) is 8.17. The molecule has 1 aliphatic rings. The van der Waals surface area contributed by atoms with E-state index in [1.807, 2.05) is 26.8 Å². The van der Waals surface area contributed by atoms with Gasteiger partial charge in [0.1, 0.15) is 5.60 Å². The standard InChI is InChI=1S/C10H12Br2N2S.C5H10O2/c11-9(12)5-8-6-15-10(14-8)7-1-3-13-4-2-7;1-5(2,3)7-4-6/h5-7,13H,1-4H2;4H,1-3H3. The SMILES string of the molecule is BrC(Br)=Cc1csc(C2CCNCC2)n1.CC(C)(C)OC=O. The van der Waals surface area contributed by atoms with Crippen LogP contribution in [0, 0.1) is 0 Å². The van der Waals surface area contributed by atoms with Gasteiger partial charge < -0.3 is 10.1 Å². The number of rotatable bonds is 3. The second kappa shape index (κ2) is 9.80. The molecule has 2 rings (SSSR count). The Bertz CT molecular complexity index is 488. The highest BCUT2D eigenvalue weighted by Gasteiger charge is 2.17. The molecule has 22 heavy (non-hydrogen) atoms. The molecule has 2 heterocycles. The second-order valence-electron chi connectivity index (χ2n) is 5.90. The zero-order valence-electron chi connectivity index (χ0n) is 13.1. The van der Waals surface area contributed by atoms with Crippen molar-refractivity contribution in [2.45, 2.75) is 45.1 Å². The van der Waals surface area contributed by atoms with Crippen LogP contribution in [0.2, 0.25) is 0 Å². The number of ether oxygens (including phenoxy) is 1. The van der Waals surface area contributed by atoms with Crippen LogP contribution in [0.4, 0.5) is 0 Å². The predicted molar refractivity (Wildman–Crippen MR) is 99.7 cm³/mol. The number of piperidine rings is 1. The van der Waals surface area contributed by atoms with Gasteiger partial charge in [-0.2, -0.15) is 0 Å². The number of carbonyl (C=O) groups is 1. The van der Waals surface area contributed by atoms with Crippen molar-refractivity contribution in [2.75, 3.05) is 13.1 Å². The fourth-order valence-electron chi connectivity index (χ4n) is 1.88. The Morgan fingerprint density at radius 3 is 2.50 bits per heavy atom. The summed E-state index contributed by atoms with van der Waals surface area (Å²) >= 11 is 8.47. The molecule has 0 aromatic carbocycles. The van der Waals surface area contributed by atoms with Crippen LogP contribution in [0.5, 0.6) is 0 Å². The quantitative estimate of drug-likeness (QED) is 0.676. The average Bonchev–Trinajstić information content (AvgIpc) is 2.87. The highest BCUT2D eigenvalue weighted by atomic mass is 79.9. The molecular formula is C15H22Br2N2O2S. The number of carbonyl (C=O) groups excluding carboxylic acids is 1. The molecule has 0 spiro atoms. The monoisotopic (exact) mass is 452 g/mol.